The van der Waals surface area contributed by atoms with Crippen LogP contribution in [0.4, 0.5) is 0 Å². The first-order chi connectivity index (χ1) is 11.5. The summed E-state index contributed by atoms with van der Waals surface area (Å²) in [6, 6.07) is 6.68. The van der Waals surface area contributed by atoms with Crippen molar-refractivity contribution in [1.29, 1.82) is 0 Å². The molecule has 0 aliphatic heterocycles. The first-order valence-electron chi connectivity index (χ1n) is 7.44. The predicted molar refractivity (Wildman–Crippen MR) is 91.0 cm³/mol. The molecule has 1 amide bonds. The number of aryl methyl sites for hydroxylation is 1. The average Bonchev–Trinajstić information content (AvgIpc) is 2.96. The Morgan fingerprint density at radius 3 is 2.62 bits per heavy atom. The average molecular weight is 349 g/mol. The highest BCUT2D eigenvalue weighted by molar-refractivity contribution is 7.10. The molecular formula is C17H19NO5S. The van der Waals surface area contributed by atoms with Gasteiger partial charge in [-0.2, -0.15) is 0 Å². The van der Waals surface area contributed by atoms with Crippen molar-refractivity contribution in [1.82, 2.24) is 5.32 Å². The summed E-state index contributed by atoms with van der Waals surface area (Å²) in [5.74, 6) is -0.664. The van der Waals surface area contributed by atoms with Gasteiger partial charge in [-0.3, -0.25) is 4.79 Å². The van der Waals surface area contributed by atoms with Gasteiger partial charge in [0.25, 0.3) is 5.91 Å². The molecule has 128 valence electrons. The Kier molecular flexibility index (Phi) is 6.20. The molecule has 0 radical (unpaired) electrons. The third kappa shape index (κ3) is 4.73. The van der Waals surface area contributed by atoms with Gasteiger partial charge in [-0.25, -0.2) is 4.79 Å². The minimum absolute atomic E-state index is 0.228. The van der Waals surface area contributed by atoms with E-state index < -0.39 is 12.6 Å². The van der Waals surface area contributed by atoms with E-state index >= 15 is 0 Å². The number of carboxylic acids is 1. The van der Waals surface area contributed by atoms with Crippen LogP contribution in [-0.2, 0) is 11.3 Å². The number of thiophene rings is 1. The van der Waals surface area contributed by atoms with Gasteiger partial charge in [-0.15, -0.1) is 11.3 Å². The van der Waals surface area contributed by atoms with E-state index in [9.17, 15) is 9.59 Å². The van der Waals surface area contributed by atoms with Crippen LogP contribution in [0.2, 0.25) is 0 Å². The zero-order valence-corrected chi connectivity index (χ0v) is 14.3. The van der Waals surface area contributed by atoms with E-state index in [4.69, 9.17) is 14.6 Å². The molecule has 0 spiro atoms. The normalized spacial score (nSPS) is 10.2. The second-order valence-corrected chi connectivity index (χ2v) is 5.99. The lowest BCUT2D eigenvalue weighted by molar-refractivity contribution is -0.139. The van der Waals surface area contributed by atoms with Crippen LogP contribution in [0.1, 0.15) is 27.7 Å². The first kappa shape index (κ1) is 17.8. The zero-order valence-electron chi connectivity index (χ0n) is 13.5. The molecule has 0 saturated carbocycles. The second kappa shape index (κ2) is 8.35. The molecule has 0 atom stereocenters. The summed E-state index contributed by atoms with van der Waals surface area (Å²) < 4.78 is 10.6. The van der Waals surface area contributed by atoms with Crippen molar-refractivity contribution in [3.05, 3.63) is 45.6 Å². The van der Waals surface area contributed by atoms with Crippen molar-refractivity contribution < 1.29 is 24.2 Å². The third-order valence-electron chi connectivity index (χ3n) is 3.23. The maximum absolute atomic E-state index is 12.3. The van der Waals surface area contributed by atoms with Crippen molar-refractivity contribution in [2.75, 3.05) is 13.2 Å². The molecule has 0 saturated heterocycles. The Morgan fingerprint density at radius 2 is 2.00 bits per heavy atom. The molecule has 1 aromatic heterocycles. The number of rotatable bonds is 8. The molecule has 0 unspecified atom stereocenters. The first-order valence-corrected chi connectivity index (χ1v) is 8.31. The molecule has 2 N–H and O–H groups in total. The van der Waals surface area contributed by atoms with Crippen LogP contribution < -0.4 is 14.8 Å². The van der Waals surface area contributed by atoms with Crippen molar-refractivity contribution in [3.63, 3.8) is 0 Å². The van der Waals surface area contributed by atoms with Gasteiger partial charge in [0.15, 0.2) is 18.1 Å². The van der Waals surface area contributed by atoms with E-state index in [0.717, 1.165) is 10.4 Å². The Balaban J connectivity index is 2.08. The minimum atomic E-state index is -1.08. The van der Waals surface area contributed by atoms with Gasteiger partial charge >= 0.3 is 5.97 Å². The van der Waals surface area contributed by atoms with Gasteiger partial charge in [0.2, 0.25) is 0 Å². The number of hydrogen-bond donors (Lipinski definition) is 2. The number of amides is 1. The highest BCUT2D eigenvalue weighted by Gasteiger charge is 2.13. The molecule has 0 fully saturated rings. The van der Waals surface area contributed by atoms with Gasteiger partial charge in [-0.1, -0.05) is 0 Å². The van der Waals surface area contributed by atoms with Gasteiger partial charge in [-0.05, 0) is 49.1 Å². The van der Waals surface area contributed by atoms with Gasteiger partial charge in [0.1, 0.15) is 0 Å². The largest absolute Gasteiger partial charge is 0.490 e. The lowest BCUT2D eigenvalue weighted by Crippen LogP contribution is -2.22. The van der Waals surface area contributed by atoms with Crippen LogP contribution in [0, 0.1) is 6.92 Å². The molecule has 2 rings (SSSR count). The molecular weight excluding hydrogens is 330 g/mol. The van der Waals surface area contributed by atoms with Crippen LogP contribution in [-0.4, -0.2) is 30.2 Å². The maximum Gasteiger partial charge on any atom is 0.341 e. The number of carbonyl (C=O) groups excluding carboxylic acids is 1. The van der Waals surface area contributed by atoms with Crippen LogP contribution in [0.5, 0.6) is 11.5 Å². The number of aliphatic carboxylic acids is 1. The van der Waals surface area contributed by atoms with E-state index in [1.807, 2.05) is 18.4 Å². The second-order valence-electron chi connectivity index (χ2n) is 4.99. The monoisotopic (exact) mass is 349 g/mol. The highest BCUT2D eigenvalue weighted by atomic mass is 32.1. The molecule has 0 aliphatic carbocycles. The summed E-state index contributed by atoms with van der Waals surface area (Å²) >= 11 is 1.59. The number of carbonyl (C=O) groups is 2. The fourth-order valence-electron chi connectivity index (χ4n) is 2.02. The predicted octanol–water partition coefficient (Wildman–Crippen LogP) is 2.85. The van der Waals surface area contributed by atoms with Gasteiger partial charge < -0.3 is 19.9 Å². The number of benzene rings is 1. The summed E-state index contributed by atoms with van der Waals surface area (Å²) in [7, 11) is 0. The molecule has 24 heavy (non-hydrogen) atoms. The van der Waals surface area contributed by atoms with E-state index in [1.54, 1.807) is 36.5 Å². The van der Waals surface area contributed by atoms with E-state index in [-0.39, 0.29) is 5.91 Å². The summed E-state index contributed by atoms with van der Waals surface area (Å²) in [5.41, 5.74) is 1.57. The quantitative estimate of drug-likeness (QED) is 0.765. The number of carboxylic acid groups (broad SMARTS) is 1. The number of ether oxygens (including phenoxy) is 2. The number of hydrogen-bond acceptors (Lipinski definition) is 5. The van der Waals surface area contributed by atoms with E-state index in [2.05, 4.69) is 5.32 Å². The van der Waals surface area contributed by atoms with E-state index in [1.165, 1.54) is 0 Å². The van der Waals surface area contributed by atoms with E-state index in [0.29, 0.717) is 30.2 Å². The standard InChI is InChI=1S/C17H19NO5S/c1-3-22-14-8-12(4-5-13(14)23-10-16(19)20)17(21)18-9-15-11(2)6-7-24-15/h4-8H,3,9-10H2,1-2H3,(H,18,21)(H,19,20). The Hall–Kier alpha value is -2.54. The SMILES string of the molecule is CCOc1cc(C(=O)NCc2sccc2C)ccc1OCC(=O)O. The lowest BCUT2D eigenvalue weighted by Gasteiger charge is -2.12. The number of nitrogens with one attached hydrogen (secondary N) is 1. The summed E-state index contributed by atoms with van der Waals surface area (Å²) in [4.78, 5) is 24.0. The molecule has 0 aliphatic rings. The molecule has 1 aromatic carbocycles. The van der Waals surface area contributed by atoms with Crippen LogP contribution >= 0.6 is 11.3 Å². The van der Waals surface area contributed by atoms with Gasteiger partial charge in [0, 0.05) is 10.4 Å². The Bertz CT molecular complexity index is 726. The van der Waals surface area contributed by atoms with Gasteiger partial charge in [0.05, 0.1) is 13.2 Å². The Labute approximate surface area is 144 Å². The molecule has 7 heteroatoms. The van der Waals surface area contributed by atoms with Crippen molar-refractivity contribution in [2.24, 2.45) is 0 Å². The highest BCUT2D eigenvalue weighted by Crippen LogP contribution is 2.28. The van der Waals surface area contributed by atoms with Crippen LogP contribution in [0.25, 0.3) is 0 Å². The van der Waals surface area contributed by atoms with Crippen LogP contribution in [0.3, 0.4) is 0 Å². The summed E-state index contributed by atoms with van der Waals surface area (Å²) in [5, 5.41) is 13.5. The lowest BCUT2D eigenvalue weighted by atomic mass is 10.2. The fraction of sp³-hybridized carbons (Fsp3) is 0.294. The smallest absolute Gasteiger partial charge is 0.341 e. The minimum Gasteiger partial charge on any atom is -0.490 e. The topological polar surface area (TPSA) is 84.9 Å². The molecule has 1 heterocycles. The zero-order chi connectivity index (χ0) is 17.5. The van der Waals surface area contributed by atoms with Crippen molar-refractivity contribution in [2.45, 2.75) is 20.4 Å². The Morgan fingerprint density at radius 1 is 1.21 bits per heavy atom. The maximum atomic E-state index is 12.3. The van der Waals surface area contributed by atoms with Crippen molar-refractivity contribution >= 4 is 23.2 Å². The molecule has 2 aromatic rings. The molecule has 0 bridgehead atoms. The van der Waals surface area contributed by atoms with Crippen LogP contribution in [0.15, 0.2) is 29.6 Å². The third-order valence-corrected chi connectivity index (χ3v) is 4.26. The fourth-order valence-corrected chi connectivity index (χ4v) is 2.87. The summed E-state index contributed by atoms with van der Waals surface area (Å²) in [6.45, 7) is 4.17. The molecule has 6 nitrogen and oxygen atoms in total. The van der Waals surface area contributed by atoms with Crippen molar-refractivity contribution in [3.8, 4) is 11.5 Å². The summed E-state index contributed by atoms with van der Waals surface area (Å²) in [6.07, 6.45) is 0.